The Kier molecular flexibility index (Phi) is 4.30. The molecule has 0 aliphatic carbocycles. The molecule has 25 heavy (non-hydrogen) atoms. The van der Waals surface area contributed by atoms with Crippen LogP contribution in [0, 0.1) is 0 Å². The third-order valence-corrected chi connectivity index (χ3v) is 4.36. The predicted molar refractivity (Wildman–Crippen MR) is 91.2 cm³/mol. The molecule has 1 saturated heterocycles. The van der Waals surface area contributed by atoms with Gasteiger partial charge in [0.1, 0.15) is 0 Å². The highest BCUT2D eigenvalue weighted by Gasteiger charge is 2.27. The van der Waals surface area contributed by atoms with Crippen molar-refractivity contribution in [3.05, 3.63) is 60.2 Å². The molecule has 1 aliphatic heterocycles. The highest BCUT2D eigenvalue weighted by Crippen LogP contribution is 2.15. The maximum absolute atomic E-state index is 12.7. The van der Waals surface area contributed by atoms with E-state index in [1.165, 1.54) is 0 Å². The molecule has 0 radical (unpaired) electrons. The van der Waals surface area contributed by atoms with Crippen LogP contribution in [-0.4, -0.2) is 37.2 Å². The Morgan fingerprint density at radius 2 is 2.04 bits per heavy atom. The van der Waals surface area contributed by atoms with E-state index in [1.807, 2.05) is 53.3 Å². The van der Waals surface area contributed by atoms with Crippen LogP contribution in [0.3, 0.4) is 0 Å². The number of nitrogens with zero attached hydrogens (tertiary/aromatic N) is 2. The first-order valence-electron chi connectivity index (χ1n) is 8.41. The van der Waals surface area contributed by atoms with Crippen LogP contribution in [0.1, 0.15) is 16.1 Å². The van der Waals surface area contributed by atoms with Crippen LogP contribution in [0.25, 0.3) is 5.52 Å². The number of rotatable bonds is 4. The summed E-state index contributed by atoms with van der Waals surface area (Å²) in [6.45, 7) is 3.48. The first kappa shape index (κ1) is 15.6. The lowest BCUT2D eigenvalue weighted by Crippen LogP contribution is -2.41. The number of fused-ring (bicyclic) bond motifs is 1. The van der Waals surface area contributed by atoms with Crippen molar-refractivity contribution < 1.29 is 18.9 Å². The number of H-pyrrole nitrogens is 2. The number of morpholine rings is 1. The molecule has 0 spiro atoms. The number of pyridine rings is 2. The fraction of sp³-hybridized carbons (Fsp3) is 0.278. The highest BCUT2D eigenvalue weighted by atomic mass is 16.5. The SMILES string of the molecule is O=C(NCc1cc[nH+]cc1)c1[nH]c(N2CCOCC2)[n+]2ccccc12. The van der Waals surface area contributed by atoms with Gasteiger partial charge in [0.25, 0.3) is 5.91 Å². The monoisotopic (exact) mass is 339 g/mol. The van der Waals surface area contributed by atoms with Crippen molar-refractivity contribution >= 4 is 17.4 Å². The van der Waals surface area contributed by atoms with Crippen LogP contribution >= 0.6 is 0 Å². The van der Waals surface area contributed by atoms with Gasteiger partial charge in [-0.25, -0.2) is 14.4 Å². The fourth-order valence-corrected chi connectivity index (χ4v) is 3.06. The summed E-state index contributed by atoms with van der Waals surface area (Å²) in [6.07, 6.45) is 5.66. The van der Waals surface area contributed by atoms with Gasteiger partial charge in [-0.15, -0.1) is 0 Å². The van der Waals surface area contributed by atoms with Crippen LogP contribution in [-0.2, 0) is 11.3 Å². The quantitative estimate of drug-likeness (QED) is 0.673. The number of carbonyl (C=O) groups excluding carboxylic acids is 1. The van der Waals surface area contributed by atoms with Crippen molar-refractivity contribution in [2.45, 2.75) is 6.54 Å². The lowest BCUT2D eigenvalue weighted by molar-refractivity contribution is -0.497. The number of anilines is 1. The average Bonchev–Trinajstić information content (AvgIpc) is 3.07. The number of ether oxygens (including phenoxy) is 1. The summed E-state index contributed by atoms with van der Waals surface area (Å²) < 4.78 is 7.45. The molecular formula is C18H21N5O2+2. The Hall–Kier alpha value is -2.93. The van der Waals surface area contributed by atoms with E-state index in [1.54, 1.807) is 0 Å². The molecule has 1 aliphatic rings. The van der Waals surface area contributed by atoms with Gasteiger partial charge in [0.05, 0.1) is 32.5 Å². The predicted octanol–water partition coefficient (Wildman–Crippen LogP) is 0.334. The van der Waals surface area contributed by atoms with E-state index in [2.05, 4.69) is 20.2 Å². The molecule has 0 atom stereocenters. The number of aromatic amines is 2. The molecule has 0 saturated carbocycles. The van der Waals surface area contributed by atoms with Gasteiger partial charge in [0, 0.05) is 18.7 Å². The average molecular weight is 339 g/mol. The smallest absolute Gasteiger partial charge is 0.363 e. The molecular weight excluding hydrogens is 318 g/mol. The van der Waals surface area contributed by atoms with Gasteiger partial charge in [0.15, 0.2) is 17.9 Å². The van der Waals surface area contributed by atoms with Crippen molar-refractivity contribution in [3.63, 3.8) is 0 Å². The summed E-state index contributed by atoms with van der Waals surface area (Å²) in [6, 6.07) is 9.75. The fourth-order valence-electron chi connectivity index (χ4n) is 3.06. The van der Waals surface area contributed by atoms with Crippen LogP contribution in [0.4, 0.5) is 5.95 Å². The Bertz CT molecular complexity index is 872. The molecule has 3 aromatic rings. The molecule has 3 aromatic heterocycles. The van der Waals surface area contributed by atoms with Crippen LogP contribution in [0.5, 0.6) is 0 Å². The van der Waals surface area contributed by atoms with Gasteiger partial charge in [0.2, 0.25) is 5.69 Å². The normalized spacial score (nSPS) is 14.6. The third kappa shape index (κ3) is 3.18. The zero-order valence-electron chi connectivity index (χ0n) is 13.9. The minimum absolute atomic E-state index is 0.115. The van der Waals surface area contributed by atoms with E-state index >= 15 is 0 Å². The zero-order valence-corrected chi connectivity index (χ0v) is 13.9. The lowest BCUT2D eigenvalue weighted by atomic mass is 10.2. The minimum Gasteiger partial charge on any atom is -0.375 e. The second kappa shape index (κ2) is 6.90. The minimum atomic E-state index is -0.115. The topological polar surface area (TPSA) is 75.6 Å². The van der Waals surface area contributed by atoms with Crippen molar-refractivity contribution in [1.29, 1.82) is 0 Å². The van der Waals surface area contributed by atoms with E-state index in [0.29, 0.717) is 25.5 Å². The molecule has 3 N–H and O–H groups in total. The molecule has 4 heterocycles. The number of nitrogens with one attached hydrogen (secondary N) is 3. The van der Waals surface area contributed by atoms with Crippen molar-refractivity contribution in [1.82, 2.24) is 10.3 Å². The summed E-state index contributed by atoms with van der Waals surface area (Å²) in [7, 11) is 0. The molecule has 7 nitrogen and oxygen atoms in total. The maximum Gasteiger partial charge on any atom is 0.363 e. The number of carbonyl (C=O) groups is 1. The standard InChI is InChI=1S/C18H19N5O2/c24-17(20-13-14-4-6-19-7-5-14)16-15-3-1-2-8-23(15)18(21-16)22-9-11-25-12-10-22/h1-8H,9-13H2,(H,20,24)/p+2. The maximum atomic E-state index is 12.7. The van der Waals surface area contributed by atoms with E-state index in [9.17, 15) is 4.79 Å². The van der Waals surface area contributed by atoms with Crippen LogP contribution < -0.4 is 19.6 Å². The summed E-state index contributed by atoms with van der Waals surface area (Å²) in [5, 5.41) is 2.98. The number of amides is 1. The third-order valence-electron chi connectivity index (χ3n) is 4.36. The molecule has 1 fully saturated rings. The first-order valence-corrected chi connectivity index (χ1v) is 8.41. The van der Waals surface area contributed by atoms with Crippen molar-refractivity contribution in [2.75, 3.05) is 31.2 Å². The molecule has 0 unspecified atom stereocenters. The van der Waals surface area contributed by atoms with E-state index < -0.39 is 0 Å². The van der Waals surface area contributed by atoms with Gasteiger partial charge >= 0.3 is 5.95 Å². The Morgan fingerprint density at radius 1 is 1.24 bits per heavy atom. The summed E-state index contributed by atoms with van der Waals surface area (Å²) >= 11 is 0. The van der Waals surface area contributed by atoms with Crippen molar-refractivity contribution in [2.24, 2.45) is 0 Å². The number of aromatic nitrogens is 3. The zero-order chi connectivity index (χ0) is 17.1. The lowest BCUT2D eigenvalue weighted by Gasteiger charge is -2.21. The number of hydrogen-bond donors (Lipinski definition) is 2. The summed E-state index contributed by atoms with van der Waals surface area (Å²) in [5.41, 5.74) is 2.48. The van der Waals surface area contributed by atoms with Gasteiger partial charge in [-0.2, -0.15) is 0 Å². The number of imidazole rings is 1. The second-order valence-corrected chi connectivity index (χ2v) is 5.97. The molecule has 0 aromatic carbocycles. The van der Waals surface area contributed by atoms with Crippen LogP contribution in [0.15, 0.2) is 48.9 Å². The Balaban J connectivity index is 1.61. The molecule has 1 amide bonds. The van der Waals surface area contributed by atoms with Gasteiger partial charge < -0.3 is 10.1 Å². The largest absolute Gasteiger partial charge is 0.375 e. The Labute approximate surface area is 145 Å². The van der Waals surface area contributed by atoms with Crippen molar-refractivity contribution in [3.8, 4) is 0 Å². The highest BCUT2D eigenvalue weighted by molar-refractivity contribution is 5.98. The second-order valence-electron chi connectivity index (χ2n) is 5.97. The Morgan fingerprint density at radius 3 is 2.84 bits per heavy atom. The summed E-state index contributed by atoms with van der Waals surface area (Å²) in [5.74, 6) is 0.800. The first-order chi connectivity index (χ1) is 12.3. The molecule has 0 bridgehead atoms. The molecule has 7 heteroatoms. The van der Waals surface area contributed by atoms with Gasteiger partial charge in [-0.3, -0.25) is 9.69 Å². The van der Waals surface area contributed by atoms with Gasteiger partial charge in [-0.05, 0) is 17.7 Å². The number of hydrogen-bond acceptors (Lipinski definition) is 3. The van der Waals surface area contributed by atoms with E-state index in [0.717, 1.165) is 30.1 Å². The van der Waals surface area contributed by atoms with Crippen LogP contribution in [0.2, 0.25) is 0 Å². The van der Waals surface area contributed by atoms with Gasteiger partial charge in [-0.1, -0.05) is 6.07 Å². The molecule has 128 valence electrons. The molecule has 4 rings (SSSR count). The van der Waals surface area contributed by atoms with E-state index in [4.69, 9.17) is 4.74 Å². The summed E-state index contributed by atoms with van der Waals surface area (Å²) in [4.78, 5) is 21.2. The van der Waals surface area contributed by atoms with E-state index in [-0.39, 0.29) is 5.91 Å².